The third kappa shape index (κ3) is 6.40. The smallest absolute Gasteiger partial charge is 0.119 e. The number of benzene rings is 1. The molecule has 1 rings (SSSR count). The van der Waals surface area contributed by atoms with Crippen molar-refractivity contribution in [3.05, 3.63) is 29.8 Å². The van der Waals surface area contributed by atoms with E-state index >= 15 is 0 Å². The number of hydrogen-bond acceptors (Lipinski definition) is 3. The fourth-order valence-electron chi connectivity index (χ4n) is 2.15. The summed E-state index contributed by atoms with van der Waals surface area (Å²) in [6, 6.07) is 8.89. The molecule has 1 aromatic carbocycles. The molecule has 0 aromatic heterocycles. The molecular weight excluding hydrogens is 250 g/mol. The van der Waals surface area contributed by atoms with E-state index in [0.29, 0.717) is 6.04 Å². The monoisotopic (exact) mass is 279 g/mol. The van der Waals surface area contributed by atoms with E-state index < -0.39 is 0 Å². The second kappa shape index (κ2) is 10.7. The minimum absolute atomic E-state index is 0.408. The van der Waals surface area contributed by atoms with Crippen LogP contribution in [-0.4, -0.2) is 26.9 Å². The fourth-order valence-corrected chi connectivity index (χ4v) is 2.15. The van der Waals surface area contributed by atoms with E-state index in [4.69, 9.17) is 9.47 Å². The fraction of sp³-hybridized carbons (Fsp3) is 0.647. The van der Waals surface area contributed by atoms with Crippen molar-refractivity contribution in [3.63, 3.8) is 0 Å². The summed E-state index contributed by atoms with van der Waals surface area (Å²) >= 11 is 0. The van der Waals surface area contributed by atoms with Gasteiger partial charge >= 0.3 is 0 Å². The van der Waals surface area contributed by atoms with Crippen molar-refractivity contribution in [2.75, 3.05) is 26.9 Å². The maximum Gasteiger partial charge on any atom is 0.119 e. The lowest BCUT2D eigenvalue weighted by molar-refractivity contribution is 0.188. The third-order valence-corrected chi connectivity index (χ3v) is 3.24. The van der Waals surface area contributed by atoms with Gasteiger partial charge in [0.05, 0.1) is 6.61 Å². The minimum Gasteiger partial charge on any atom is -0.494 e. The number of nitrogens with one attached hydrogen (secondary N) is 1. The Bertz CT molecular complexity index is 337. The predicted octanol–water partition coefficient (Wildman–Crippen LogP) is 3.94. The molecule has 1 N–H and O–H groups in total. The summed E-state index contributed by atoms with van der Waals surface area (Å²) in [6.07, 6.45) is 4.37. The Morgan fingerprint density at radius 3 is 2.40 bits per heavy atom. The van der Waals surface area contributed by atoms with Crippen LogP contribution in [0.15, 0.2) is 24.3 Å². The van der Waals surface area contributed by atoms with E-state index in [2.05, 4.69) is 43.4 Å². The number of hydrogen-bond donors (Lipinski definition) is 1. The van der Waals surface area contributed by atoms with Crippen molar-refractivity contribution in [1.82, 2.24) is 5.32 Å². The van der Waals surface area contributed by atoms with E-state index in [1.807, 2.05) is 0 Å². The van der Waals surface area contributed by atoms with E-state index in [-0.39, 0.29) is 0 Å². The van der Waals surface area contributed by atoms with Gasteiger partial charge in [0, 0.05) is 19.8 Å². The molecule has 1 atom stereocenters. The zero-order valence-electron chi connectivity index (χ0n) is 13.2. The summed E-state index contributed by atoms with van der Waals surface area (Å²) in [7, 11) is 1.76. The van der Waals surface area contributed by atoms with Gasteiger partial charge in [0.1, 0.15) is 5.75 Å². The Morgan fingerprint density at radius 2 is 1.80 bits per heavy atom. The summed E-state index contributed by atoms with van der Waals surface area (Å²) in [5.41, 5.74) is 1.33. The van der Waals surface area contributed by atoms with Gasteiger partial charge in [0.15, 0.2) is 0 Å². The van der Waals surface area contributed by atoms with E-state index in [9.17, 15) is 0 Å². The van der Waals surface area contributed by atoms with Crippen LogP contribution in [0, 0.1) is 0 Å². The largest absolute Gasteiger partial charge is 0.494 e. The Balaban J connectivity index is 2.58. The summed E-state index contributed by atoms with van der Waals surface area (Å²) in [5.74, 6) is 0.960. The maximum absolute atomic E-state index is 5.63. The van der Waals surface area contributed by atoms with Crippen LogP contribution >= 0.6 is 0 Å². The quantitative estimate of drug-likeness (QED) is 0.622. The van der Waals surface area contributed by atoms with Gasteiger partial charge < -0.3 is 14.8 Å². The molecule has 0 aliphatic heterocycles. The molecule has 0 saturated heterocycles. The van der Waals surface area contributed by atoms with Crippen molar-refractivity contribution >= 4 is 0 Å². The highest BCUT2D eigenvalue weighted by molar-refractivity contribution is 5.29. The second-order valence-corrected chi connectivity index (χ2v) is 5.06. The standard InChI is InChI=1S/C17H29NO2/c1-4-12-18-17(7-6-14-19-3)15-8-10-16(11-9-15)20-13-5-2/h8-11,17-18H,4-7,12-14H2,1-3H3. The van der Waals surface area contributed by atoms with Crippen molar-refractivity contribution in [1.29, 1.82) is 0 Å². The summed E-state index contributed by atoms with van der Waals surface area (Å²) in [6.45, 7) is 6.97. The van der Waals surface area contributed by atoms with Crippen LogP contribution in [0.2, 0.25) is 0 Å². The lowest BCUT2D eigenvalue weighted by Gasteiger charge is -2.19. The maximum atomic E-state index is 5.63. The average Bonchev–Trinajstić information content (AvgIpc) is 2.49. The lowest BCUT2D eigenvalue weighted by atomic mass is 10.0. The van der Waals surface area contributed by atoms with Crippen LogP contribution in [0.4, 0.5) is 0 Å². The van der Waals surface area contributed by atoms with Crippen molar-refractivity contribution in [2.45, 2.75) is 45.6 Å². The topological polar surface area (TPSA) is 30.5 Å². The molecule has 0 radical (unpaired) electrons. The first-order valence-corrected chi connectivity index (χ1v) is 7.76. The van der Waals surface area contributed by atoms with Crippen LogP contribution in [-0.2, 0) is 4.74 Å². The molecule has 114 valence electrons. The van der Waals surface area contributed by atoms with Gasteiger partial charge in [-0.05, 0) is 49.9 Å². The van der Waals surface area contributed by atoms with Crippen molar-refractivity contribution in [3.8, 4) is 5.75 Å². The zero-order valence-corrected chi connectivity index (χ0v) is 13.2. The van der Waals surface area contributed by atoms with Crippen LogP contribution < -0.4 is 10.1 Å². The average molecular weight is 279 g/mol. The van der Waals surface area contributed by atoms with Crippen LogP contribution in [0.5, 0.6) is 5.75 Å². The summed E-state index contributed by atoms with van der Waals surface area (Å²) in [4.78, 5) is 0. The van der Waals surface area contributed by atoms with Gasteiger partial charge in [0.25, 0.3) is 0 Å². The molecule has 0 heterocycles. The first-order chi connectivity index (χ1) is 9.81. The lowest BCUT2D eigenvalue weighted by Crippen LogP contribution is -2.22. The molecule has 1 unspecified atom stereocenters. The van der Waals surface area contributed by atoms with E-state index in [0.717, 1.165) is 51.2 Å². The first kappa shape index (κ1) is 17.0. The molecule has 0 saturated carbocycles. The Labute approximate surface area is 123 Å². The Kier molecular flexibility index (Phi) is 9.09. The molecule has 20 heavy (non-hydrogen) atoms. The molecule has 0 fully saturated rings. The Morgan fingerprint density at radius 1 is 1.05 bits per heavy atom. The van der Waals surface area contributed by atoms with E-state index in [1.165, 1.54) is 5.56 Å². The van der Waals surface area contributed by atoms with Crippen LogP contribution in [0.25, 0.3) is 0 Å². The van der Waals surface area contributed by atoms with Gasteiger partial charge in [-0.1, -0.05) is 26.0 Å². The highest BCUT2D eigenvalue weighted by atomic mass is 16.5. The van der Waals surface area contributed by atoms with Gasteiger partial charge in [-0.15, -0.1) is 0 Å². The minimum atomic E-state index is 0.408. The SMILES string of the molecule is CCCNC(CCCOC)c1ccc(OCCC)cc1. The van der Waals surface area contributed by atoms with Gasteiger partial charge in [0.2, 0.25) is 0 Å². The van der Waals surface area contributed by atoms with Crippen LogP contribution in [0.3, 0.4) is 0 Å². The Hall–Kier alpha value is -1.06. The number of methoxy groups -OCH3 is 1. The summed E-state index contributed by atoms with van der Waals surface area (Å²) in [5, 5.41) is 3.61. The van der Waals surface area contributed by atoms with E-state index in [1.54, 1.807) is 7.11 Å². The highest BCUT2D eigenvalue weighted by Gasteiger charge is 2.10. The molecule has 0 spiro atoms. The molecule has 0 aliphatic carbocycles. The van der Waals surface area contributed by atoms with Gasteiger partial charge in [-0.2, -0.15) is 0 Å². The van der Waals surface area contributed by atoms with Crippen LogP contribution in [0.1, 0.15) is 51.1 Å². The van der Waals surface area contributed by atoms with Crippen molar-refractivity contribution < 1.29 is 9.47 Å². The first-order valence-electron chi connectivity index (χ1n) is 7.76. The molecular formula is C17H29NO2. The molecule has 3 heteroatoms. The second-order valence-electron chi connectivity index (χ2n) is 5.06. The molecule has 0 amide bonds. The zero-order chi connectivity index (χ0) is 14.6. The molecule has 3 nitrogen and oxygen atoms in total. The third-order valence-electron chi connectivity index (χ3n) is 3.24. The molecule has 0 aliphatic rings. The number of ether oxygens (including phenoxy) is 2. The predicted molar refractivity (Wildman–Crippen MR) is 84.4 cm³/mol. The normalized spacial score (nSPS) is 12.3. The van der Waals surface area contributed by atoms with Gasteiger partial charge in [-0.25, -0.2) is 0 Å². The highest BCUT2D eigenvalue weighted by Crippen LogP contribution is 2.21. The number of rotatable bonds is 11. The molecule has 1 aromatic rings. The molecule has 0 bridgehead atoms. The van der Waals surface area contributed by atoms with Crippen molar-refractivity contribution in [2.24, 2.45) is 0 Å². The van der Waals surface area contributed by atoms with Gasteiger partial charge in [-0.3, -0.25) is 0 Å². The summed E-state index contributed by atoms with van der Waals surface area (Å²) < 4.78 is 10.8.